The van der Waals surface area contributed by atoms with Gasteiger partial charge in [0, 0.05) is 47.4 Å². The van der Waals surface area contributed by atoms with Gasteiger partial charge in [-0.15, -0.1) is 0 Å². The standard InChI is InChI=1S/C20H25F2N3O/c1-13-8-17(15-9-14(21)10-16(22)19(15)23-13)25-7-5-20(12-26)4-3-6-24(2)18(20)11-25/h8-10,18,26H,3-7,11-12H2,1-2H3/t18-,20-/m1/s1. The van der Waals surface area contributed by atoms with E-state index in [1.165, 1.54) is 6.07 Å². The summed E-state index contributed by atoms with van der Waals surface area (Å²) in [5.41, 5.74) is 1.69. The molecule has 2 aromatic rings. The van der Waals surface area contributed by atoms with Crippen LogP contribution in [0.4, 0.5) is 14.5 Å². The second kappa shape index (κ2) is 6.43. The molecule has 2 saturated heterocycles. The summed E-state index contributed by atoms with van der Waals surface area (Å²) in [6.45, 7) is 4.55. The molecule has 1 N–H and O–H groups in total. The zero-order valence-electron chi connectivity index (χ0n) is 15.3. The van der Waals surface area contributed by atoms with Crippen LogP contribution >= 0.6 is 0 Å². The second-order valence-electron chi connectivity index (χ2n) is 7.88. The van der Waals surface area contributed by atoms with Crippen LogP contribution in [0.1, 0.15) is 25.0 Å². The van der Waals surface area contributed by atoms with Crippen molar-refractivity contribution in [1.82, 2.24) is 9.88 Å². The van der Waals surface area contributed by atoms with Gasteiger partial charge in [0.1, 0.15) is 11.3 Å². The van der Waals surface area contributed by atoms with Gasteiger partial charge >= 0.3 is 0 Å². The molecule has 2 aliphatic rings. The van der Waals surface area contributed by atoms with Crippen LogP contribution in [0, 0.1) is 24.0 Å². The highest BCUT2D eigenvalue weighted by atomic mass is 19.1. The Morgan fingerprint density at radius 2 is 2.04 bits per heavy atom. The molecule has 2 aliphatic heterocycles. The minimum atomic E-state index is -0.624. The first-order valence-electron chi connectivity index (χ1n) is 9.26. The maximum atomic E-state index is 14.3. The summed E-state index contributed by atoms with van der Waals surface area (Å²) >= 11 is 0. The zero-order chi connectivity index (χ0) is 18.5. The first kappa shape index (κ1) is 17.6. The third-order valence-corrected chi connectivity index (χ3v) is 6.29. The van der Waals surface area contributed by atoms with Crippen LogP contribution in [0.3, 0.4) is 0 Å². The van der Waals surface area contributed by atoms with Crippen LogP contribution in [-0.2, 0) is 0 Å². The Morgan fingerprint density at radius 3 is 2.81 bits per heavy atom. The van der Waals surface area contributed by atoms with Crippen LogP contribution in [-0.4, -0.2) is 54.3 Å². The summed E-state index contributed by atoms with van der Waals surface area (Å²) < 4.78 is 28.1. The van der Waals surface area contributed by atoms with Crippen molar-refractivity contribution in [3.63, 3.8) is 0 Å². The number of likely N-dealkylation sites (N-methyl/N-ethyl adjacent to an activating group) is 1. The largest absolute Gasteiger partial charge is 0.396 e. The highest BCUT2D eigenvalue weighted by Gasteiger charge is 2.46. The molecule has 0 radical (unpaired) electrons. The number of piperidine rings is 2. The molecule has 2 fully saturated rings. The van der Waals surface area contributed by atoms with Crippen LogP contribution in [0.5, 0.6) is 0 Å². The van der Waals surface area contributed by atoms with E-state index in [0.717, 1.165) is 50.7 Å². The van der Waals surface area contributed by atoms with E-state index in [0.29, 0.717) is 11.1 Å². The van der Waals surface area contributed by atoms with Gasteiger partial charge < -0.3 is 14.9 Å². The third kappa shape index (κ3) is 2.76. The minimum absolute atomic E-state index is 0.0715. The molecule has 0 aliphatic carbocycles. The summed E-state index contributed by atoms with van der Waals surface area (Å²) in [5, 5.41) is 10.6. The number of anilines is 1. The number of fused-ring (bicyclic) bond motifs is 2. The van der Waals surface area contributed by atoms with Gasteiger partial charge in [0.15, 0.2) is 5.82 Å². The number of halogens is 2. The Bertz CT molecular complexity index is 843. The SMILES string of the molecule is Cc1cc(N2CC[C@@]3(CO)CCCN(C)[C@@H]3C2)c2cc(F)cc(F)c2n1. The molecule has 0 bridgehead atoms. The van der Waals surface area contributed by atoms with Crippen molar-refractivity contribution in [1.29, 1.82) is 0 Å². The fourth-order valence-electron chi connectivity index (χ4n) is 4.86. The van der Waals surface area contributed by atoms with Gasteiger partial charge in [-0.05, 0) is 51.9 Å². The Balaban J connectivity index is 1.77. The number of hydrogen-bond donors (Lipinski definition) is 1. The van der Waals surface area contributed by atoms with E-state index < -0.39 is 11.6 Å². The van der Waals surface area contributed by atoms with Crippen molar-refractivity contribution < 1.29 is 13.9 Å². The number of aromatic nitrogens is 1. The van der Waals surface area contributed by atoms with Gasteiger partial charge in [0.2, 0.25) is 0 Å². The topological polar surface area (TPSA) is 39.6 Å². The number of aryl methyl sites for hydroxylation is 1. The fourth-order valence-corrected chi connectivity index (χ4v) is 4.86. The number of nitrogens with zero attached hydrogens (tertiary/aromatic N) is 3. The van der Waals surface area contributed by atoms with E-state index in [2.05, 4.69) is 21.8 Å². The first-order chi connectivity index (χ1) is 12.4. The van der Waals surface area contributed by atoms with Crippen LogP contribution in [0.15, 0.2) is 18.2 Å². The number of hydrogen-bond acceptors (Lipinski definition) is 4. The summed E-state index contributed by atoms with van der Waals surface area (Å²) in [6.07, 6.45) is 3.01. The number of likely N-dealkylation sites (tertiary alicyclic amines) is 1. The van der Waals surface area contributed by atoms with E-state index in [1.807, 2.05) is 13.0 Å². The van der Waals surface area contributed by atoms with Gasteiger partial charge in [-0.25, -0.2) is 13.8 Å². The molecule has 3 heterocycles. The van der Waals surface area contributed by atoms with Gasteiger partial charge in [-0.1, -0.05) is 0 Å². The summed E-state index contributed by atoms with van der Waals surface area (Å²) in [7, 11) is 2.10. The van der Waals surface area contributed by atoms with E-state index in [1.54, 1.807) is 0 Å². The molecule has 4 nitrogen and oxygen atoms in total. The molecule has 6 heteroatoms. The molecule has 1 aromatic carbocycles. The lowest BCUT2D eigenvalue weighted by Crippen LogP contribution is -2.61. The molecule has 2 atom stereocenters. The molecular formula is C20H25F2N3O. The number of benzene rings is 1. The summed E-state index contributed by atoms with van der Waals surface area (Å²) in [4.78, 5) is 8.81. The number of rotatable bonds is 2. The number of aliphatic hydroxyl groups is 1. The van der Waals surface area contributed by atoms with Crippen LogP contribution < -0.4 is 4.90 Å². The maximum Gasteiger partial charge on any atom is 0.152 e. The zero-order valence-corrected chi connectivity index (χ0v) is 15.3. The second-order valence-corrected chi connectivity index (χ2v) is 7.88. The van der Waals surface area contributed by atoms with Crippen molar-refractivity contribution in [2.45, 2.75) is 32.2 Å². The van der Waals surface area contributed by atoms with Crippen molar-refractivity contribution in [3.05, 3.63) is 35.5 Å². The van der Waals surface area contributed by atoms with Crippen molar-refractivity contribution in [3.8, 4) is 0 Å². The Labute approximate surface area is 152 Å². The van der Waals surface area contributed by atoms with Gasteiger partial charge in [-0.3, -0.25) is 0 Å². The van der Waals surface area contributed by atoms with Gasteiger partial charge in [0.05, 0.1) is 6.61 Å². The molecule has 4 rings (SSSR count). The van der Waals surface area contributed by atoms with Crippen molar-refractivity contribution in [2.24, 2.45) is 5.41 Å². The predicted octanol–water partition coefficient (Wildman–Crippen LogP) is 3.10. The van der Waals surface area contributed by atoms with E-state index in [4.69, 9.17) is 0 Å². The van der Waals surface area contributed by atoms with Gasteiger partial charge in [0.25, 0.3) is 0 Å². The maximum absolute atomic E-state index is 14.3. The molecular weight excluding hydrogens is 336 g/mol. The minimum Gasteiger partial charge on any atom is -0.396 e. The highest BCUT2D eigenvalue weighted by Crippen LogP contribution is 2.43. The molecule has 0 spiro atoms. The molecule has 0 unspecified atom stereocenters. The highest BCUT2D eigenvalue weighted by molar-refractivity contribution is 5.92. The van der Waals surface area contributed by atoms with E-state index in [9.17, 15) is 13.9 Å². The van der Waals surface area contributed by atoms with Gasteiger partial charge in [-0.2, -0.15) is 0 Å². The average molecular weight is 361 g/mol. The molecule has 1 aromatic heterocycles. The molecule has 140 valence electrons. The third-order valence-electron chi connectivity index (χ3n) is 6.29. The number of pyridine rings is 1. The fraction of sp³-hybridized carbons (Fsp3) is 0.550. The lowest BCUT2D eigenvalue weighted by atomic mass is 9.69. The normalized spacial score (nSPS) is 27.0. The molecule has 26 heavy (non-hydrogen) atoms. The lowest BCUT2D eigenvalue weighted by Gasteiger charge is -2.54. The predicted molar refractivity (Wildman–Crippen MR) is 98.4 cm³/mol. The molecule has 0 amide bonds. The van der Waals surface area contributed by atoms with E-state index in [-0.39, 0.29) is 23.6 Å². The lowest BCUT2D eigenvalue weighted by molar-refractivity contribution is -0.0275. The first-order valence-corrected chi connectivity index (χ1v) is 9.26. The quantitative estimate of drug-likeness (QED) is 0.892. The van der Waals surface area contributed by atoms with E-state index >= 15 is 0 Å². The van der Waals surface area contributed by atoms with Crippen molar-refractivity contribution >= 4 is 16.6 Å². The Hall–Kier alpha value is -1.79. The van der Waals surface area contributed by atoms with Crippen LogP contribution in [0.25, 0.3) is 10.9 Å². The monoisotopic (exact) mass is 361 g/mol. The Kier molecular flexibility index (Phi) is 4.35. The van der Waals surface area contributed by atoms with Crippen molar-refractivity contribution in [2.75, 3.05) is 38.2 Å². The Morgan fingerprint density at radius 1 is 1.23 bits per heavy atom. The number of aliphatic hydroxyl groups excluding tert-OH is 1. The van der Waals surface area contributed by atoms with Crippen LogP contribution in [0.2, 0.25) is 0 Å². The summed E-state index contributed by atoms with van der Waals surface area (Å²) in [5.74, 6) is -1.21. The smallest absolute Gasteiger partial charge is 0.152 e. The summed E-state index contributed by atoms with van der Waals surface area (Å²) in [6, 6.07) is 4.41. The molecule has 0 saturated carbocycles. The average Bonchev–Trinajstić information content (AvgIpc) is 2.62.